The molecule has 0 saturated heterocycles. The van der Waals surface area contributed by atoms with Crippen LogP contribution in [0.2, 0.25) is 0 Å². The van der Waals surface area contributed by atoms with Crippen molar-refractivity contribution in [1.82, 2.24) is 9.97 Å². The Labute approximate surface area is 147 Å². The number of hydrogen-bond donors (Lipinski definition) is 3. The molecule has 9 nitrogen and oxygen atoms in total. The van der Waals surface area contributed by atoms with Gasteiger partial charge in [0.1, 0.15) is 28.5 Å². The van der Waals surface area contributed by atoms with Gasteiger partial charge < -0.3 is 25.0 Å². The number of rotatable bonds is 8. The van der Waals surface area contributed by atoms with E-state index < -0.39 is 24.1 Å². The summed E-state index contributed by atoms with van der Waals surface area (Å²) in [6, 6.07) is -1.24. The van der Waals surface area contributed by atoms with Crippen molar-refractivity contribution in [2.24, 2.45) is 0 Å². The molecule has 2 aromatic heterocycles. The van der Waals surface area contributed by atoms with Crippen LogP contribution in [0, 0.1) is 6.92 Å². The first-order valence-corrected chi connectivity index (χ1v) is 8.26. The van der Waals surface area contributed by atoms with E-state index in [9.17, 15) is 19.8 Å². The van der Waals surface area contributed by atoms with E-state index in [0.717, 1.165) is 11.3 Å². The Kier molecular flexibility index (Phi) is 6.23. The molecule has 0 aromatic carbocycles. The first kappa shape index (κ1) is 19.0. The van der Waals surface area contributed by atoms with Crippen LogP contribution in [0.25, 0.3) is 10.2 Å². The van der Waals surface area contributed by atoms with Gasteiger partial charge in [-0.1, -0.05) is 0 Å². The van der Waals surface area contributed by atoms with Crippen LogP contribution < -0.4 is 5.32 Å². The Morgan fingerprint density at radius 3 is 2.68 bits per heavy atom. The second-order valence-corrected chi connectivity index (χ2v) is 6.29. The maximum absolute atomic E-state index is 12.2. The summed E-state index contributed by atoms with van der Waals surface area (Å²) in [5, 5.41) is 22.1. The topological polar surface area (TPSA) is 131 Å². The SMILES string of the molecule is COCCOC(=O)c1sc2ncnc(NC(C(=O)O)C(C)O)c2c1C. The molecule has 0 amide bonds. The number of esters is 1. The van der Waals surface area contributed by atoms with Crippen molar-refractivity contribution >= 4 is 39.3 Å². The summed E-state index contributed by atoms with van der Waals surface area (Å²) < 4.78 is 9.96. The van der Waals surface area contributed by atoms with Gasteiger partial charge in [0.25, 0.3) is 0 Å². The van der Waals surface area contributed by atoms with Gasteiger partial charge in [-0.2, -0.15) is 0 Å². The number of thiophene rings is 1. The quantitative estimate of drug-likeness (QED) is 0.461. The largest absolute Gasteiger partial charge is 0.480 e. The maximum atomic E-state index is 12.2. The second-order valence-electron chi connectivity index (χ2n) is 5.29. The summed E-state index contributed by atoms with van der Waals surface area (Å²) in [5.74, 6) is -1.48. The number of hydrogen-bond acceptors (Lipinski definition) is 9. The lowest BCUT2D eigenvalue weighted by atomic mass is 10.1. The number of methoxy groups -OCH3 is 1. The smallest absolute Gasteiger partial charge is 0.348 e. The van der Waals surface area contributed by atoms with E-state index in [-0.39, 0.29) is 19.0 Å². The molecule has 0 aliphatic carbocycles. The summed E-state index contributed by atoms with van der Waals surface area (Å²) in [5.41, 5.74) is 0.584. The number of nitrogens with one attached hydrogen (secondary N) is 1. The molecular weight excluding hydrogens is 350 g/mol. The highest BCUT2D eigenvalue weighted by Crippen LogP contribution is 2.34. The van der Waals surface area contributed by atoms with E-state index in [1.54, 1.807) is 6.92 Å². The van der Waals surface area contributed by atoms with Gasteiger partial charge in [0.15, 0.2) is 6.04 Å². The zero-order valence-corrected chi connectivity index (χ0v) is 14.8. The van der Waals surface area contributed by atoms with Crippen LogP contribution in [0.1, 0.15) is 22.2 Å². The Bertz CT molecular complexity index is 776. The van der Waals surface area contributed by atoms with E-state index in [1.165, 1.54) is 20.4 Å². The van der Waals surface area contributed by atoms with Gasteiger partial charge in [-0.25, -0.2) is 19.6 Å². The van der Waals surface area contributed by atoms with Gasteiger partial charge >= 0.3 is 11.9 Å². The molecule has 3 N–H and O–H groups in total. The summed E-state index contributed by atoms with van der Waals surface area (Å²) >= 11 is 1.13. The highest BCUT2D eigenvalue weighted by Gasteiger charge is 2.26. The second kappa shape index (κ2) is 8.19. The molecule has 0 saturated carbocycles. The van der Waals surface area contributed by atoms with E-state index in [2.05, 4.69) is 15.3 Å². The van der Waals surface area contributed by atoms with Crippen molar-refractivity contribution in [3.05, 3.63) is 16.8 Å². The van der Waals surface area contributed by atoms with Crippen LogP contribution in [-0.4, -0.2) is 64.6 Å². The van der Waals surface area contributed by atoms with Gasteiger partial charge in [0.05, 0.1) is 18.1 Å². The molecule has 0 fully saturated rings. The third-order valence-electron chi connectivity index (χ3n) is 3.47. The lowest BCUT2D eigenvalue weighted by Gasteiger charge is -2.18. The van der Waals surface area contributed by atoms with Crippen molar-refractivity contribution in [3.8, 4) is 0 Å². The minimum Gasteiger partial charge on any atom is -0.480 e. The summed E-state index contributed by atoms with van der Waals surface area (Å²) in [4.78, 5) is 32.5. The van der Waals surface area contributed by atoms with Gasteiger partial charge in [0, 0.05) is 7.11 Å². The number of aryl methyl sites for hydroxylation is 1. The molecule has 2 atom stereocenters. The van der Waals surface area contributed by atoms with Crippen LogP contribution in [0.4, 0.5) is 5.82 Å². The van der Waals surface area contributed by atoms with E-state index in [4.69, 9.17) is 9.47 Å². The van der Waals surface area contributed by atoms with Crippen molar-refractivity contribution in [2.75, 3.05) is 25.6 Å². The van der Waals surface area contributed by atoms with E-state index in [1.807, 2.05) is 0 Å². The minimum absolute atomic E-state index is 0.128. The molecule has 0 radical (unpaired) electrons. The van der Waals surface area contributed by atoms with Crippen molar-refractivity contribution < 1.29 is 29.3 Å². The summed E-state index contributed by atoms with van der Waals surface area (Å²) in [7, 11) is 1.51. The number of aromatic nitrogens is 2. The molecular formula is C15H19N3O6S. The number of fused-ring (bicyclic) bond motifs is 1. The first-order chi connectivity index (χ1) is 11.9. The molecule has 2 heterocycles. The van der Waals surface area contributed by atoms with Crippen LogP contribution >= 0.6 is 11.3 Å². The number of carbonyl (C=O) groups excluding carboxylic acids is 1. The molecule has 2 unspecified atom stereocenters. The number of aliphatic carboxylic acids is 1. The zero-order valence-electron chi connectivity index (χ0n) is 14.0. The van der Waals surface area contributed by atoms with Crippen molar-refractivity contribution in [1.29, 1.82) is 0 Å². The van der Waals surface area contributed by atoms with Crippen LogP contribution in [0.3, 0.4) is 0 Å². The van der Waals surface area contributed by atoms with Gasteiger partial charge in [0.2, 0.25) is 0 Å². The van der Waals surface area contributed by atoms with E-state index >= 15 is 0 Å². The van der Waals surface area contributed by atoms with Gasteiger partial charge in [-0.05, 0) is 19.4 Å². The number of aliphatic hydroxyl groups excluding tert-OH is 1. The normalized spacial score (nSPS) is 13.4. The number of carboxylic acids is 1. The van der Waals surface area contributed by atoms with Gasteiger partial charge in [-0.15, -0.1) is 11.3 Å². The maximum Gasteiger partial charge on any atom is 0.348 e. The molecule has 2 aromatic rings. The van der Waals surface area contributed by atoms with Crippen molar-refractivity contribution in [2.45, 2.75) is 26.0 Å². The number of aliphatic hydroxyl groups is 1. The van der Waals surface area contributed by atoms with Crippen LogP contribution in [-0.2, 0) is 14.3 Å². The number of carboxylic acid groups (broad SMARTS) is 1. The molecule has 10 heteroatoms. The highest BCUT2D eigenvalue weighted by molar-refractivity contribution is 7.20. The Morgan fingerprint density at radius 2 is 2.08 bits per heavy atom. The van der Waals surface area contributed by atoms with Gasteiger partial charge in [-0.3, -0.25) is 0 Å². The number of anilines is 1. The number of nitrogens with zero attached hydrogens (tertiary/aromatic N) is 2. The Morgan fingerprint density at radius 1 is 1.36 bits per heavy atom. The standard InChI is InChI=1S/C15H19N3O6S/c1-7-9-12(18-10(8(2)19)14(20)21)16-6-17-13(9)25-11(7)15(22)24-5-4-23-3/h6,8,10,19H,4-5H2,1-3H3,(H,20,21)(H,16,17,18). The summed E-state index contributed by atoms with van der Waals surface area (Å²) in [6.45, 7) is 3.49. The van der Waals surface area contributed by atoms with Crippen molar-refractivity contribution in [3.63, 3.8) is 0 Å². The third kappa shape index (κ3) is 4.21. The predicted octanol–water partition coefficient (Wildman–Crippen LogP) is 1.05. The average molecular weight is 369 g/mol. The number of carbonyl (C=O) groups is 2. The third-order valence-corrected chi connectivity index (χ3v) is 4.65. The molecule has 25 heavy (non-hydrogen) atoms. The van der Waals surface area contributed by atoms with Crippen LogP contribution in [0.15, 0.2) is 6.33 Å². The monoisotopic (exact) mass is 369 g/mol. The Balaban J connectivity index is 2.37. The molecule has 136 valence electrons. The lowest BCUT2D eigenvalue weighted by molar-refractivity contribution is -0.140. The Hall–Kier alpha value is -2.30. The van der Waals surface area contributed by atoms with E-state index in [0.29, 0.717) is 20.7 Å². The fraction of sp³-hybridized carbons (Fsp3) is 0.467. The summed E-state index contributed by atoms with van der Waals surface area (Å²) in [6.07, 6.45) is 0.127. The number of ether oxygens (including phenoxy) is 2. The zero-order chi connectivity index (χ0) is 18.6. The lowest BCUT2D eigenvalue weighted by Crippen LogP contribution is -2.39. The first-order valence-electron chi connectivity index (χ1n) is 7.44. The molecule has 0 spiro atoms. The fourth-order valence-electron chi connectivity index (χ4n) is 2.19. The minimum atomic E-state index is -1.24. The molecule has 0 bridgehead atoms. The average Bonchev–Trinajstić information content (AvgIpc) is 2.90. The predicted molar refractivity (Wildman–Crippen MR) is 91.0 cm³/mol. The fourth-order valence-corrected chi connectivity index (χ4v) is 3.24. The molecule has 2 rings (SSSR count). The molecule has 0 aliphatic rings. The van der Waals surface area contributed by atoms with Crippen LogP contribution in [0.5, 0.6) is 0 Å². The highest BCUT2D eigenvalue weighted by atomic mass is 32.1. The molecule has 0 aliphatic heterocycles.